The lowest BCUT2D eigenvalue weighted by Crippen LogP contribution is -2.46. The number of nitrogens with one attached hydrogen (secondary N) is 1. The van der Waals surface area contributed by atoms with E-state index in [0.717, 1.165) is 49.4 Å². The zero-order valence-electron chi connectivity index (χ0n) is 15.0. The topological polar surface area (TPSA) is 46.1 Å². The Morgan fingerprint density at radius 2 is 2.17 bits per heavy atom. The Morgan fingerprint density at radius 1 is 1.38 bits per heavy atom. The van der Waals surface area contributed by atoms with E-state index in [-0.39, 0.29) is 24.0 Å². The standard InChI is InChI=1S/C18H29N3O2.HI/c1-15-7-5-11-21(14-15)18(19-2)20-10-6-12-23-17-9-4-8-16(13-17)22-3;/h4,8-9,13,15H,5-7,10-12,14H2,1-3H3,(H,19,20);1H. The maximum Gasteiger partial charge on any atom is 0.193 e. The predicted octanol–water partition coefficient (Wildman–Crippen LogP) is 3.39. The molecule has 1 aromatic rings. The van der Waals surface area contributed by atoms with Gasteiger partial charge in [-0.15, -0.1) is 24.0 Å². The number of halogens is 1. The number of hydrogen-bond acceptors (Lipinski definition) is 3. The molecule has 2 rings (SSSR count). The average Bonchev–Trinajstić information content (AvgIpc) is 2.58. The van der Waals surface area contributed by atoms with Crippen LogP contribution in [0.1, 0.15) is 26.2 Å². The van der Waals surface area contributed by atoms with Crippen LogP contribution < -0.4 is 14.8 Å². The summed E-state index contributed by atoms with van der Waals surface area (Å²) in [6.07, 6.45) is 3.50. The van der Waals surface area contributed by atoms with Crippen LogP contribution in [0.4, 0.5) is 0 Å². The van der Waals surface area contributed by atoms with Gasteiger partial charge in [-0.3, -0.25) is 4.99 Å². The number of nitrogens with zero attached hydrogens (tertiary/aromatic N) is 2. The van der Waals surface area contributed by atoms with Gasteiger partial charge in [-0.1, -0.05) is 13.0 Å². The molecule has 1 aromatic carbocycles. The third-order valence-electron chi connectivity index (χ3n) is 4.08. The van der Waals surface area contributed by atoms with Crippen molar-refractivity contribution < 1.29 is 9.47 Å². The van der Waals surface area contributed by atoms with Crippen LogP contribution in [0.15, 0.2) is 29.3 Å². The Morgan fingerprint density at radius 3 is 2.88 bits per heavy atom. The Hall–Kier alpha value is -1.18. The molecule has 0 saturated carbocycles. The van der Waals surface area contributed by atoms with E-state index in [9.17, 15) is 0 Å². The number of hydrogen-bond donors (Lipinski definition) is 1. The van der Waals surface area contributed by atoms with Gasteiger partial charge in [-0.05, 0) is 37.3 Å². The Balaban J connectivity index is 0.00000288. The van der Waals surface area contributed by atoms with Gasteiger partial charge in [0.2, 0.25) is 0 Å². The summed E-state index contributed by atoms with van der Waals surface area (Å²) >= 11 is 0. The fourth-order valence-electron chi connectivity index (χ4n) is 2.87. The fourth-order valence-corrected chi connectivity index (χ4v) is 2.87. The minimum Gasteiger partial charge on any atom is -0.497 e. The molecule has 1 saturated heterocycles. The van der Waals surface area contributed by atoms with Gasteiger partial charge in [0.05, 0.1) is 13.7 Å². The SMILES string of the molecule is CN=C(NCCCOc1cccc(OC)c1)N1CCCC(C)C1.I. The van der Waals surface area contributed by atoms with Gasteiger partial charge in [0, 0.05) is 32.7 Å². The quantitative estimate of drug-likeness (QED) is 0.314. The van der Waals surface area contributed by atoms with Crippen molar-refractivity contribution in [1.29, 1.82) is 0 Å². The predicted molar refractivity (Wildman–Crippen MR) is 110 cm³/mol. The summed E-state index contributed by atoms with van der Waals surface area (Å²) in [7, 11) is 3.52. The molecule has 0 amide bonds. The van der Waals surface area contributed by atoms with Crippen LogP contribution >= 0.6 is 24.0 Å². The summed E-state index contributed by atoms with van der Waals surface area (Å²) in [5, 5.41) is 3.44. The molecule has 0 bridgehead atoms. The first-order valence-electron chi connectivity index (χ1n) is 8.45. The highest BCUT2D eigenvalue weighted by atomic mass is 127. The first kappa shape index (κ1) is 20.9. The minimum absolute atomic E-state index is 0. The summed E-state index contributed by atoms with van der Waals surface area (Å²) in [5.74, 6) is 3.43. The van der Waals surface area contributed by atoms with E-state index in [4.69, 9.17) is 9.47 Å². The molecule has 1 atom stereocenters. The largest absolute Gasteiger partial charge is 0.497 e. The normalized spacial score (nSPS) is 17.9. The number of likely N-dealkylation sites (tertiary alicyclic amines) is 1. The maximum absolute atomic E-state index is 5.75. The Labute approximate surface area is 162 Å². The molecule has 1 N–H and O–H groups in total. The van der Waals surface area contributed by atoms with Crippen molar-refractivity contribution in [1.82, 2.24) is 10.2 Å². The Bertz CT molecular complexity index is 511. The van der Waals surface area contributed by atoms with Gasteiger partial charge in [0.1, 0.15) is 11.5 Å². The van der Waals surface area contributed by atoms with Gasteiger partial charge in [0.25, 0.3) is 0 Å². The van der Waals surface area contributed by atoms with Gasteiger partial charge in [0.15, 0.2) is 5.96 Å². The first-order valence-corrected chi connectivity index (χ1v) is 8.45. The number of aliphatic imine (C=N–C) groups is 1. The second kappa shape index (κ2) is 11.4. The molecule has 5 nitrogen and oxygen atoms in total. The lowest BCUT2D eigenvalue weighted by molar-refractivity contribution is 0.264. The molecule has 1 fully saturated rings. The van der Waals surface area contributed by atoms with E-state index in [1.54, 1.807) is 7.11 Å². The van der Waals surface area contributed by atoms with Crippen LogP contribution in [-0.4, -0.2) is 51.3 Å². The third kappa shape index (κ3) is 6.75. The highest BCUT2D eigenvalue weighted by molar-refractivity contribution is 14.0. The summed E-state index contributed by atoms with van der Waals surface area (Å²) in [5.41, 5.74) is 0. The van der Waals surface area contributed by atoms with Crippen LogP contribution in [-0.2, 0) is 0 Å². The van der Waals surface area contributed by atoms with Crippen molar-refractivity contribution in [2.75, 3.05) is 40.4 Å². The summed E-state index contributed by atoms with van der Waals surface area (Å²) in [6, 6.07) is 7.70. The lowest BCUT2D eigenvalue weighted by atomic mass is 10.0. The number of methoxy groups -OCH3 is 1. The molecule has 6 heteroatoms. The van der Waals surface area contributed by atoms with Crippen molar-refractivity contribution in [2.45, 2.75) is 26.2 Å². The van der Waals surface area contributed by atoms with Crippen LogP contribution in [0, 0.1) is 5.92 Å². The van der Waals surface area contributed by atoms with Gasteiger partial charge >= 0.3 is 0 Å². The molecule has 0 aromatic heterocycles. The number of guanidine groups is 1. The molecule has 1 unspecified atom stereocenters. The highest BCUT2D eigenvalue weighted by Crippen LogP contribution is 2.19. The van der Waals surface area contributed by atoms with E-state index >= 15 is 0 Å². The van der Waals surface area contributed by atoms with E-state index in [0.29, 0.717) is 6.61 Å². The molecule has 24 heavy (non-hydrogen) atoms. The molecule has 0 spiro atoms. The molecule has 136 valence electrons. The van der Waals surface area contributed by atoms with Crippen molar-refractivity contribution in [3.63, 3.8) is 0 Å². The summed E-state index contributed by atoms with van der Waals surface area (Å²) < 4.78 is 10.9. The Kier molecular flexibility index (Phi) is 9.90. The molecule has 1 heterocycles. The summed E-state index contributed by atoms with van der Waals surface area (Å²) in [6.45, 7) is 6.04. The van der Waals surface area contributed by atoms with Crippen LogP contribution in [0.25, 0.3) is 0 Å². The zero-order valence-corrected chi connectivity index (χ0v) is 17.3. The number of ether oxygens (including phenoxy) is 2. The molecule has 0 radical (unpaired) electrons. The molecule has 0 aliphatic carbocycles. The lowest BCUT2D eigenvalue weighted by Gasteiger charge is -2.33. The smallest absolute Gasteiger partial charge is 0.193 e. The molecular formula is C18H30IN3O2. The zero-order chi connectivity index (χ0) is 16.5. The van der Waals surface area contributed by atoms with Crippen molar-refractivity contribution >= 4 is 29.9 Å². The first-order chi connectivity index (χ1) is 11.2. The van der Waals surface area contributed by atoms with Crippen molar-refractivity contribution in [3.8, 4) is 11.5 Å². The van der Waals surface area contributed by atoms with Crippen molar-refractivity contribution in [2.24, 2.45) is 10.9 Å². The van der Waals surface area contributed by atoms with Crippen molar-refractivity contribution in [3.05, 3.63) is 24.3 Å². The van der Waals surface area contributed by atoms with E-state index in [2.05, 4.69) is 22.1 Å². The maximum atomic E-state index is 5.75. The second-order valence-corrected chi connectivity index (χ2v) is 6.05. The highest BCUT2D eigenvalue weighted by Gasteiger charge is 2.18. The van der Waals surface area contributed by atoms with Gasteiger partial charge in [-0.25, -0.2) is 0 Å². The van der Waals surface area contributed by atoms with E-state index in [1.165, 1.54) is 12.8 Å². The molecular weight excluding hydrogens is 417 g/mol. The number of piperidine rings is 1. The summed E-state index contributed by atoms with van der Waals surface area (Å²) in [4.78, 5) is 6.76. The second-order valence-electron chi connectivity index (χ2n) is 6.05. The van der Waals surface area contributed by atoms with Crippen LogP contribution in [0.2, 0.25) is 0 Å². The number of benzene rings is 1. The molecule has 1 aliphatic heterocycles. The average molecular weight is 447 g/mol. The number of rotatable bonds is 6. The monoisotopic (exact) mass is 447 g/mol. The fraction of sp³-hybridized carbons (Fsp3) is 0.611. The third-order valence-corrected chi connectivity index (χ3v) is 4.08. The van der Waals surface area contributed by atoms with E-state index in [1.807, 2.05) is 31.3 Å². The van der Waals surface area contributed by atoms with Crippen LogP contribution in [0.5, 0.6) is 11.5 Å². The minimum atomic E-state index is 0. The van der Waals surface area contributed by atoms with Gasteiger partial charge < -0.3 is 19.7 Å². The van der Waals surface area contributed by atoms with E-state index < -0.39 is 0 Å². The van der Waals surface area contributed by atoms with Gasteiger partial charge in [-0.2, -0.15) is 0 Å². The van der Waals surface area contributed by atoms with Crippen LogP contribution in [0.3, 0.4) is 0 Å². The molecule has 1 aliphatic rings.